The fraction of sp³-hybridized carbons (Fsp3) is 0.333. The molecule has 9 heteroatoms. The Bertz CT molecular complexity index is 1390. The summed E-state index contributed by atoms with van der Waals surface area (Å²) in [4.78, 5) is 29.9. The molecule has 204 valence electrons. The van der Waals surface area contributed by atoms with Crippen LogP contribution < -0.4 is 19.5 Å². The van der Waals surface area contributed by atoms with Crippen molar-refractivity contribution in [2.45, 2.75) is 18.9 Å². The topological polar surface area (TPSA) is 101 Å². The van der Waals surface area contributed by atoms with Crippen molar-refractivity contribution in [3.05, 3.63) is 76.9 Å². The Kier molecular flexibility index (Phi) is 7.60. The van der Waals surface area contributed by atoms with Crippen LogP contribution in [0.25, 0.3) is 0 Å². The summed E-state index contributed by atoms with van der Waals surface area (Å²) >= 11 is 0. The Morgan fingerprint density at radius 1 is 1.13 bits per heavy atom. The molecule has 9 nitrogen and oxygen atoms in total. The van der Waals surface area contributed by atoms with Gasteiger partial charge in [0.15, 0.2) is 11.5 Å². The lowest BCUT2D eigenvalue weighted by molar-refractivity contribution is -0.133. The summed E-state index contributed by atoms with van der Waals surface area (Å²) in [7, 11) is 5.37. The number of hydrogen-bond donors (Lipinski definition) is 2. The number of hydrogen-bond acceptors (Lipinski definition) is 7. The molecular weight excluding hydrogens is 498 g/mol. The summed E-state index contributed by atoms with van der Waals surface area (Å²) in [5.41, 5.74) is 3.15. The standard InChI is InChI=1S/C30H33N3O6/c1-32(2)18-28(35)33-13-11-19-15-21-6-8-23(19)29(33)20-5-10-26(37-3)27(16-20)38-14-4-12-31-30(36)24-17-22(39-21)7-9-25(24)34/h5-10,15-17,29,34H,4,11-14,18H2,1-3H3,(H,31,36). The van der Waals surface area contributed by atoms with Gasteiger partial charge in [0, 0.05) is 13.1 Å². The van der Waals surface area contributed by atoms with E-state index in [0.717, 1.165) is 16.7 Å². The largest absolute Gasteiger partial charge is 0.507 e. The number of benzene rings is 3. The number of phenolic OH excluding ortho intramolecular Hbond substituents is 1. The quantitative estimate of drug-likeness (QED) is 0.531. The zero-order valence-corrected chi connectivity index (χ0v) is 22.4. The highest BCUT2D eigenvalue weighted by atomic mass is 16.5. The molecule has 0 saturated carbocycles. The minimum atomic E-state index is -0.394. The molecule has 3 aromatic rings. The Morgan fingerprint density at radius 2 is 1.92 bits per heavy atom. The monoisotopic (exact) mass is 531 g/mol. The molecule has 1 unspecified atom stereocenters. The molecule has 8 bridgehead atoms. The van der Waals surface area contributed by atoms with Gasteiger partial charge in [0.1, 0.15) is 17.2 Å². The number of nitrogens with one attached hydrogen (secondary N) is 1. The van der Waals surface area contributed by atoms with Crippen LogP contribution in [-0.2, 0) is 11.2 Å². The number of carbonyl (C=O) groups excluding carboxylic acids is 2. The minimum absolute atomic E-state index is 0.0452. The van der Waals surface area contributed by atoms with Crippen molar-refractivity contribution in [1.82, 2.24) is 15.1 Å². The van der Waals surface area contributed by atoms with Crippen molar-refractivity contribution < 1.29 is 28.9 Å². The zero-order chi connectivity index (χ0) is 27.5. The molecule has 0 spiro atoms. The van der Waals surface area contributed by atoms with Crippen molar-refractivity contribution in [2.75, 3.05) is 47.4 Å². The highest BCUT2D eigenvalue weighted by Crippen LogP contribution is 2.41. The molecule has 0 radical (unpaired) electrons. The average molecular weight is 532 g/mol. The van der Waals surface area contributed by atoms with Gasteiger partial charge in [-0.2, -0.15) is 0 Å². The van der Waals surface area contributed by atoms with E-state index in [-0.39, 0.29) is 23.3 Å². The van der Waals surface area contributed by atoms with Crippen molar-refractivity contribution in [1.29, 1.82) is 0 Å². The molecule has 2 amide bonds. The smallest absolute Gasteiger partial charge is 0.255 e. The predicted octanol–water partition coefficient (Wildman–Crippen LogP) is 3.74. The van der Waals surface area contributed by atoms with Crippen LogP contribution in [0.3, 0.4) is 0 Å². The highest BCUT2D eigenvalue weighted by Gasteiger charge is 2.33. The SMILES string of the molecule is COc1ccc2cc1OCCCNC(=O)c1cc(ccc1O)Oc1ccc3c(c1)CCN(C(=O)CN(C)C)C23. The first-order valence-corrected chi connectivity index (χ1v) is 13.0. The van der Waals surface area contributed by atoms with Crippen molar-refractivity contribution in [3.63, 3.8) is 0 Å². The lowest BCUT2D eigenvalue weighted by atomic mass is 9.87. The van der Waals surface area contributed by atoms with E-state index in [0.29, 0.717) is 62.1 Å². The van der Waals surface area contributed by atoms with Gasteiger partial charge in [-0.05, 0) is 86.1 Å². The van der Waals surface area contributed by atoms with Gasteiger partial charge in [-0.15, -0.1) is 0 Å². The second-order valence-corrected chi connectivity index (χ2v) is 9.99. The summed E-state index contributed by atoms with van der Waals surface area (Å²) < 4.78 is 17.7. The van der Waals surface area contributed by atoms with Gasteiger partial charge in [0.2, 0.25) is 5.91 Å². The molecule has 3 heterocycles. The summed E-state index contributed by atoms with van der Waals surface area (Å²) in [6.45, 7) is 1.55. The predicted molar refractivity (Wildman–Crippen MR) is 146 cm³/mol. The summed E-state index contributed by atoms with van der Waals surface area (Å²) in [6.07, 6.45) is 1.21. The van der Waals surface area contributed by atoms with Crippen molar-refractivity contribution in [3.8, 4) is 28.7 Å². The van der Waals surface area contributed by atoms with Crippen LogP contribution in [0.15, 0.2) is 54.6 Å². The molecule has 0 fully saturated rings. The maximum Gasteiger partial charge on any atom is 0.255 e. The maximum atomic E-state index is 13.4. The molecule has 3 aliphatic rings. The van der Waals surface area contributed by atoms with E-state index in [1.165, 1.54) is 12.1 Å². The van der Waals surface area contributed by atoms with Crippen LogP contribution >= 0.6 is 0 Å². The maximum absolute atomic E-state index is 13.4. The van der Waals surface area contributed by atoms with Gasteiger partial charge in [-0.1, -0.05) is 12.1 Å². The van der Waals surface area contributed by atoms with Gasteiger partial charge >= 0.3 is 0 Å². The lowest BCUT2D eigenvalue weighted by Gasteiger charge is -2.38. The number of methoxy groups -OCH3 is 1. The Hall–Kier alpha value is -4.24. The minimum Gasteiger partial charge on any atom is -0.507 e. The molecule has 3 aliphatic heterocycles. The summed E-state index contributed by atoms with van der Waals surface area (Å²) in [6, 6.07) is 15.9. The first kappa shape index (κ1) is 26.4. The van der Waals surface area contributed by atoms with Gasteiger partial charge in [0.25, 0.3) is 5.91 Å². The first-order chi connectivity index (χ1) is 18.8. The van der Waals surface area contributed by atoms with E-state index >= 15 is 0 Å². The molecule has 0 aromatic heterocycles. The normalized spacial score (nSPS) is 17.0. The number of rotatable bonds is 3. The van der Waals surface area contributed by atoms with Crippen molar-refractivity contribution in [2.24, 2.45) is 0 Å². The number of amides is 2. The third-order valence-corrected chi connectivity index (χ3v) is 6.93. The molecule has 0 saturated heterocycles. The number of likely N-dealkylation sites (N-methyl/N-ethyl adjacent to an activating group) is 1. The lowest BCUT2D eigenvalue weighted by Crippen LogP contribution is -2.44. The van der Waals surface area contributed by atoms with Crippen LogP contribution in [-0.4, -0.2) is 74.2 Å². The Morgan fingerprint density at radius 3 is 2.72 bits per heavy atom. The van der Waals surface area contributed by atoms with Crippen LogP contribution in [0.1, 0.15) is 39.5 Å². The number of nitrogens with zero attached hydrogens (tertiary/aromatic N) is 2. The van der Waals surface area contributed by atoms with Crippen molar-refractivity contribution >= 4 is 11.8 Å². The number of ether oxygens (including phenoxy) is 3. The van der Waals surface area contributed by atoms with Crippen LogP contribution in [0.4, 0.5) is 0 Å². The third kappa shape index (κ3) is 5.63. The molecule has 3 aromatic carbocycles. The van der Waals surface area contributed by atoms with Gasteiger partial charge < -0.3 is 34.4 Å². The third-order valence-electron chi connectivity index (χ3n) is 6.93. The van der Waals surface area contributed by atoms with Crippen LogP contribution in [0, 0.1) is 0 Å². The summed E-state index contributed by atoms with van der Waals surface area (Å²) in [5, 5.41) is 13.1. The molecular formula is C30H33N3O6. The average Bonchev–Trinajstić information content (AvgIpc) is 2.92. The zero-order valence-electron chi connectivity index (χ0n) is 22.4. The molecule has 1 atom stereocenters. The van der Waals surface area contributed by atoms with E-state index in [1.807, 2.05) is 60.3 Å². The van der Waals surface area contributed by atoms with Crippen LogP contribution in [0.5, 0.6) is 28.7 Å². The van der Waals surface area contributed by atoms with Crippen LogP contribution in [0.2, 0.25) is 0 Å². The van der Waals surface area contributed by atoms with Gasteiger partial charge in [-0.3, -0.25) is 9.59 Å². The van der Waals surface area contributed by atoms with Gasteiger partial charge in [-0.25, -0.2) is 0 Å². The molecule has 2 N–H and O–H groups in total. The summed E-state index contributed by atoms with van der Waals surface area (Å²) in [5.74, 6) is 1.74. The second kappa shape index (κ2) is 11.2. The first-order valence-electron chi connectivity index (χ1n) is 13.0. The highest BCUT2D eigenvalue weighted by molar-refractivity contribution is 5.97. The van der Waals surface area contributed by atoms with E-state index in [2.05, 4.69) is 5.32 Å². The number of aromatic hydroxyl groups is 1. The molecule has 6 rings (SSSR count). The van der Waals surface area contributed by atoms with E-state index in [4.69, 9.17) is 14.2 Å². The van der Waals surface area contributed by atoms with E-state index < -0.39 is 5.91 Å². The fourth-order valence-corrected chi connectivity index (χ4v) is 5.08. The number of phenols is 1. The second-order valence-electron chi connectivity index (χ2n) is 9.99. The Labute approximate surface area is 227 Å². The molecule has 39 heavy (non-hydrogen) atoms. The van der Waals surface area contributed by atoms with E-state index in [1.54, 1.807) is 13.2 Å². The number of fused-ring (bicyclic) bond motifs is 6. The van der Waals surface area contributed by atoms with E-state index in [9.17, 15) is 14.7 Å². The number of carbonyl (C=O) groups is 2. The Balaban J connectivity index is 1.60. The molecule has 0 aliphatic carbocycles. The fourth-order valence-electron chi connectivity index (χ4n) is 5.08. The van der Waals surface area contributed by atoms with Gasteiger partial charge in [0.05, 0.1) is 31.9 Å².